The Morgan fingerprint density at radius 2 is 2.30 bits per heavy atom. The quantitative estimate of drug-likeness (QED) is 0.500. The van der Waals surface area contributed by atoms with Gasteiger partial charge in [0.25, 0.3) is 0 Å². The van der Waals surface area contributed by atoms with Gasteiger partial charge in [-0.05, 0) is 30.7 Å². The van der Waals surface area contributed by atoms with Gasteiger partial charge in [-0.15, -0.1) is 11.8 Å². The van der Waals surface area contributed by atoms with Gasteiger partial charge in [0.05, 0.1) is 23.8 Å². The zero-order valence-corrected chi connectivity index (χ0v) is 12.4. The van der Waals surface area contributed by atoms with Gasteiger partial charge in [0, 0.05) is 5.75 Å². The number of aromatic amines is 1. The van der Waals surface area contributed by atoms with E-state index in [1.807, 2.05) is 31.2 Å². The molecule has 0 spiro atoms. The largest absolute Gasteiger partial charge is 0.497 e. The third kappa shape index (κ3) is 3.74. The molecule has 20 heavy (non-hydrogen) atoms. The Balaban J connectivity index is 1.99. The molecule has 0 aliphatic heterocycles. The molecule has 2 aromatic heterocycles. The lowest BCUT2D eigenvalue weighted by Gasteiger charge is -2.03. The Hall–Kier alpha value is -2.01. The maximum absolute atomic E-state index is 5.01. The topological polar surface area (TPSA) is 50.8 Å². The minimum absolute atomic E-state index is 0.646. The number of ether oxygens (including phenoxy) is 1. The van der Waals surface area contributed by atoms with Crippen molar-refractivity contribution in [2.75, 3.05) is 12.9 Å². The summed E-state index contributed by atoms with van der Waals surface area (Å²) in [5.74, 6) is 1.49. The van der Waals surface area contributed by atoms with Crippen molar-refractivity contribution in [1.82, 2.24) is 15.2 Å². The standard InChI is InChI=1S/C15H17N3OS/c1-4-12(6-5-11(2)19-3)10-20-15-8-7-13-14(17-15)9-16-18-13/h4-9H,2,10H2,1,3H3,(H,16,18)/b6-5-,12-4+. The smallest absolute Gasteiger partial charge is 0.111 e. The summed E-state index contributed by atoms with van der Waals surface area (Å²) in [6, 6.07) is 3.99. The zero-order valence-electron chi connectivity index (χ0n) is 11.6. The molecule has 0 amide bonds. The average molecular weight is 287 g/mol. The number of fused-ring (bicyclic) bond motifs is 1. The van der Waals surface area contributed by atoms with Crippen molar-refractivity contribution in [3.63, 3.8) is 0 Å². The first-order chi connectivity index (χ1) is 9.72. The van der Waals surface area contributed by atoms with Crippen LogP contribution in [0.4, 0.5) is 0 Å². The molecule has 0 bridgehead atoms. The highest BCUT2D eigenvalue weighted by Crippen LogP contribution is 2.21. The first-order valence-electron chi connectivity index (χ1n) is 6.22. The highest BCUT2D eigenvalue weighted by Gasteiger charge is 2.01. The molecule has 4 nitrogen and oxygen atoms in total. The van der Waals surface area contributed by atoms with Gasteiger partial charge in [0.2, 0.25) is 0 Å². The number of nitrogens with zero attached hydrogens (tertiary/aromatic N) is 2. The summed E-state index contributed by atoms with van der Waals surface area (Å²) < 4.78 is 5.01. The van der Waals surface area contributed by atoms with E-state index >= 15 is 0 Å². The van der Waals surface area contributed by atoms with Gasteiger partial charge in [-0.3, -0.25) is 5.10 Å². The molecule has 0 atom stereocenters. The van der Waals surface area contributed by atoms with Gasteiger partial charge in [-0.1, -0.05) is 18.7 Å². The van der Waals surface area contributed by atoms with Crippen LogP contribution in [0.25, 0.3) is 11.0 Å². The van der Waals surface area contributed by atoms with Gasteiger partial charge in [-0.25, -0.2) is 4.98 Å². The molecular weight excluding hydrogens is 270 g/mol. The molecule has 104 valence electrons. The molecule has 2 heterocycles. The monoisotopic (exact) mass is 287 g/mol. The molecule has 0 saturated carbocycles. The molecular formula is C15H17N3OS. The summed E-state index contributed by atoms with van der Waals surface area (Å²) >= 11 is 1.69. The number of allylic oxidation sites excluding steroid dienone is 3. The minimum atomic E-state index is 0.646. The Morgan fingerprint density at radius 1 is 1.45 bits per heavy atom. The summed E-state index contributed by atoms with van der Waals surface area (Å²) in [5.41, 5.74) is 3.04. The number of aromatic nitrogens is 3. The second kappa shape index (κ2) is 6.96. The number of H-pyrrole nitrogens is 1. The first-order valence-corrected chi connectivity index (χ1v) is 7.20. The van der Waals surface area contributed by atoms with Gasteiger partial charge in [0.15, 0.2) is 0 Å². The first kappa shape index (κ1) is 14.4. The maximum Gasteiger partial charge on any atom is 0.111 e. The lowest BCUT2D eigenvalue weighted by Crippen LogP contribution is -1.87. The molecule has 5 heteroatoms. The fourth-order valence-corrected chi connectivity index (χ4v) is 2.45. The molecule has 0 aromatic carbocycles. The maximum atomic E-state index is 5.01. The third-order valence-corrected chi connectivity index (χ3v) is 3.77. The van der Waals surface area contributed by atoms with E-state index in [0.717, 1.165) is 21.8 Å². The second-order valence-corrected chi connectivity index (χ2v) is 5.10. The molecule has 0 saturated heterocycles. The second-order valence-electron chi connectivity index (χ2n) is 4.11. The van der Waals surface area contributed by atoms with Crippen LogP contribution in [0.2, 0.25) is 0 Å². The van der Waals surface area contributed by atoms with Crippen LogP contribution in [0.15, 0.2) is 59.5 Å². The van der Waals surface area contributed by atoms with E-state index in [4.69, 9.17) is 4.74 Å². The summed E-state index contributed by atoms with van der Waals surface area (Å²) in [4.78, 5) is 4.53. The van der Waals surface area contributed by atoms with E-state index in [1.54, 1.807) is 25.1 Å². The summed E-state index contributed by atoms with van der Waals surface area (Å²) in [6.45, 7) is 5.78. The van der Waals surface area contributed by atoms with Crippen LogP contribution < -0.4 is 0 Å². The Morgan fingerprint density at radius 3 is 3.05 bits per heavy atom. The van der Waals surface area contributed by atoms with Gasteiger partial charge in [0.1, 0.15) is 11.3 Å². The van der Waals surface area contributed by atoms with Crippen molar-refractivity contribution in [2.45, 2.75) is 11.9 Å². The van der Waals surface area contributed by atoms with E-state index in [9.17, 15) is 0 Å². The van der Waals surface area contributed by atoms with Crippen molar-refractivity contribution in [3.05, 3.63) is 54.5 Å². The lowest BCUT2D eigenvalue weighted by molar-refractivity contribution is 0.309. The molecule has 0 aliphatic carbocycles. The normalized spacial score (nSPS) is 12.2. The highest BCUT2D eigenvalue weighted by atomic mass is 32.2. The SMILES string of the molecule is C=C(/C=C\C(=C/C)CSc1ccc2[nH]ncc2n1)OC. The minimum Gasteiger partial charge on any atom is -0.497 e. The van der Waals surface area contributed by atoms with Crippen LogP contribution in [0.3, 0.4) is 0 Å². The van der Waals surface area contributed by atoms with Crippen molar-refractivity contribution in [3.8, 4) is 0 Å². The fourth-order valence-electron chi connectivity index (χ4n) is 1.55. The van der Waals surface area contributed by atoms with Crippen LogP contribution >= 0.6 is 11.8 Å². The van der Waals surface area contributed by atoms with E-state index in [2.05, 4.69) is 27.8 Å². The number of hydrogen-bond acceptors (Lipinski definition) is 4. The average Bonchev–Trinajstić information content (AvgIpc) is 2.94. The van der Waals surface area contributed by atoms with E-state index in [1.165, 1.54) is 5.57 Å². The number of thioether (sulfide) groups is 1. The van der Waals surface area contributed by atoms with E-state index < -0.39 is 0 Å². The number of hydrogen-bond donors (Lipinski definition) is 1. The summed E-state index contributed by atoms with van der Waals surface area (Å²) in [6.07, 6.45) is 7.68. The third-order valence-electron chi connectivity index (χ3n) is 2.77. The molecule has 0 fully saturated rings. The number of rotatable bonds is 6. The summed E-state index contributed by atoms with van der Waals surface area (Å²) in [7, 11) is 1.61. The molecule has 1 N–H and O–H groups in total. The van der Waals surface area contributed by atoms with E-state index in [0.29, 0.717) is 5.76 Å². The Bertz CT molecular complexity index is 658. The van der Waals surface area contributed by atoms with Crippen LogP contribution in [-0.4, -0.2) is 28.0 Å². The van der Waals surface area contributed by atoms with Crippen molar-refractivity contribution in [1.29, 1.82) is 0 Å². The Labute approximate surface area is 122 Å². The van der Waals surface area contributed by atoms with Crippen LogP contribution in [-0.2, 0) is 4.74 Å². The number of nitrogens with one attached hydrogen (secondary N) is 1. The highest BCUT2D eigenvalue weighted by molar-refractivity contribution is 7.99. The van der Waals surface area contributed by atoms with E-state index in [-0.39, 0.29) is 0 Å². The zero-order chi connectivity index (χ0) is 14.4. The molecule has 0 radical (unpaired) electrons. The predicted molar refractivity (Wildman–Crippen MR) is 83.7 cm³/mol. The van der Waals surface area contributed by atoms with Crippen molar-refractivity contribution in [2.24, 2.45) is 0 Å². The van der Waals surface area contributed by atoms with Gasteiger partial charge < -0.3 is 4.74 Å². The summed E-state index contributed by atoms with van der Waals surface area (Å²) in [5, 5.41) is 7.85. The fraction of sp³-hybridized carbons (Fsp3) is 0.200. The van der Waals surface area contributed by atoms with Gasteiger partial charge >= 0.3 is 0 Å². The molecule has 2 aromatic rings. The molecule has 0 unspecified atom stereocenters. The van der Waals surface area contributed by atoms with Gasteiger partial charge in [-0.2, -0.15) is 5.10 Å². The van der Waals surface area contributed by atoms with Crippen LogP contribution in [0.1, 0.15) is 6.92 Å². The molecule has 0 aliphatic rings. The molecule has 2 rings (SSSR count). The number of methoxy groups -OCH3 is 1. The lowest BCUT2D eigenvalue weighted by atomic mass is 10.2. The van der Waals surface area contributed by atoms with Crippen LogP contribution in [0.5, 0.6) is 0 Å². The Kier molecular flexibility index (Phi) is 5.01. The van der Waals surface area contributed by atoms with Crippen LogP contribution in [0, 0.1) is 0 Å². The number of pyridine rings is 1. The van der Waals surface area contributed by atoms with Crippen molar-refractivity contribution < 1.29 is 4.74 Å². The predicted octanol–water partition coefficient (Wildman–Crippen LogP) is 3.71. The van der Waals surface area contributed by atoms with Crippen molar-refractivity contribution >= 4 is 22.8 Å².